The summed E-state index contributed by atoms with van der Waals surface area (Å²) in [6.07, 6.45) is -0.179. The van der Waals surface area contributed by atoms with Gasteiger partial charge in [0, 0.05) is 25.2 Å². The van der Waals surface area contributed by atoms with Gasteiger partial charge in [-0.1, -0.05) is 0 Å². The van der Waals surface area contributed by atoms with Gasteiger partial charge in [-0.05, 0) is 6.07 Å². The zero-order valence-corrected chi connectivity index (χ0v) is 9.60. The molecule has 0 saturated carbocycles. The van der Waals surface area contributed by atoms with E-state index in [2.05, 4.69) is 5.32 Å². The lowest BCUT2D eigenvalue weighted by Gasteiger charge is -2.23. The molecule has 2 rings (SSSR count). The van der Waals surface area contributed by atoms with E-state index in [1.165, 1.54) is 0 Å². The van der Waals surface area contributed by atoms with Gasteiger partial charge in [-0.25, -0.2) is 4.39 Å². The summed E-state index contributed by atoms with van der Waals surface area (Å²) in [4.78, 5) is 10.1. The number of benzene rings is 1. The molecule has 1 aliphatic rings. The number of halogens is 1. The maximum absolute atomic E-state index is 13.0. The van der Waals surface area contributed by atoms with Crippen molar-refractivity contribution >= 4 is 5.69 Å². The summed E-state index contributed by atoms with van der Waals surface area (Å²) in [6, 6.07) is 3.13. The topological polar surface area (TPSA) is 73.6 Å². The molecule has 98 valence electrons. The number of ether oxygens (including phenoxy) is 2. The number of nitrogens with zero attached hydrogens (tertiary/aromatic N) is 1. The molecule has 18 heavy (non-hydrogen) atoms. The van der Waals surface area contributed by atoms with Crippen LogP contribution in [0.15, 0.2) is 18.2 Å². The van der Waals surface area contributed by atoms with Gasteiger partial charge in [0.1, 0.15) is 18.5 Å². The molecule has 0 aromatic heterocycles. The van der Waals surface area contributed by atoms with E-state index < -0.39 is 10.7 Å². The van der Waals surface area contributed by atoms with Crippen molar-refractivity contribution in [1.82, 2.24) is 5.32 Å². The summed E-state index contributed by atoms with van der Waals surface area (Å²) in [6.45, 7) is 2.11. The number of nitro groups is 1. The number of rotatable bonds is 4. The van der Waals surface area contributed by atoms with E-state index in [0.29, 0.717) is 13.2 Å². The maximum Gasteiger partial charge on any atom is 0.311 e. The third kappa shape index (κ3) is 3.14. The smallest absolute Gasteiger partial charge is 0.311 e. The lowest BCUT2D eigenvalue weighted by molar-refractivity contribution is -0.386. The van der Waals surface area contributed by atoms with Crippen LogP contribution in [0, 0.1) is 15.9 Å². The minimum absolute atomic E-state index is 0.0748. The monoisotopic (exact) mass is 256 g/mol. The van der Waals surface area contributed by atoms with E-state index in [-0.39, 0.29) is 24.1 Å². The molecule has 7 heteroatoms. The highest BCUT2D eigenvalue weighted by atomic mass is 19.1. The molecule has 1 aromatic carbocycles. The molecule has 1 unspecified atom stereocenters. The van der Waals surface area contributed by atoms with Gasteiger partial charge in [0.25, 0.3) is 0 Å². The number of hydrogen-bond acceptors (Lipinski definition) is 5. The van der Waals surface area contributed by atoms with E-state index in [0.717, 1.165) is 24.7 Å². The molecule has 0 spiro atoms. The normalized spacial score (nSPS) is 19.5. The second kappa shape index (κ2) is 5.74. The van der Waals surface area contributed by atoms with Gasteiger partial charge in [-0.2, -0.15) is 0 Å². The first-order valence-electron chi connectivity index (χ1n) is 5.56. The van der Waals surface area contributed by atoms with Gasteiger partial charge in [0.15, 0.2) is 5.75 Å². The van der Waals surface area contributed by atoms with Crippen LogP contribution in [0.1, 0.15) is 0 Å². The van der Waals surface area contributed by atoms with Crippen LogP contribution in [0.25, 0.3) is 0 Å². The fraction of sp³-hybridized carbons (Fsp3) is 0.455. The molecule has 6 nitrogen and oxygen atoms in total. The molecular formula is C11H13FN2O4. The molecule has 1 saturated heterocycles. The lowest BCUT2D eigenvalue weighted by Crippen LogP contribution is -2.41. The Hall–Kier alpha value is -1.73. The molecule has 1 fully saturated rings. The molecule has 1 N–H and O–H groups in total. The third-order valence-corrected chi connectivity index (χ3v) is 2.55. The quantitative estimate of drug-likeness (QED) is 0.645. The van der Waals surface area contributed by atoms with Crippen LogP contribution < -0.4 is 10.1 Å². The average molecular weight is 256 g/mol. The molecule has 1 aliphatic heterocycles. The maximum atomic E-state index is 13.0. The molecule has 0 bridgehead atoms. The van der Waals surface area contributed by atoms with Crippen molar-refractivity contribution in [2.45, 2.75) is 6.10 Å². The van der Waals surface area contributed by atoms with Gasteiger partial charge in [0.2, 0.25) is 0 Å². The van der Waals surface area contributed by atoms with Crippen LogP contribution in [0.4, 0.5) is 10.1 Å². The number of morpholine rings is 1. The summed E-state index contributed by atoms with van der Waals surface area (Å²) < 4.78 is 23.7. The Balaban J connectivity index is 2.03. The third-order valence-electron chi connectivity index (χ3n) is 2.55. The Morgan fingerprint density at radius 2 is 2.44 bits per heavy atom. The number of nitrogens with one attached hydrogen (secondary N) is 1. The van der Waals surface area contributed by atoms with Gasteiger partial charge in [-0.15, -0.1) is 0 Å². The Morgan fingerprint density at radius 3 is 3.11 bits per heavy atom. The predicted octanol–water partition coefficient (Wildman–Crippen LogP) is 1.10. The van der Waals surface area contributed by atoms with Crippen LogP contribution in [0.5, 0.6) is 5.75 Å². The van der Waals surface area contributed by atoms with Crippen LogP contribution in [-0.4, -0.2) is 37.3 Å². The first-order chi connectivity index (χ1) is 8.66. The number of hydrogen-bond donors (Lipinski definition) is 1. The Bertz CT molecular complexity index is 435. The lowest BCUT2D eigenvalue weighted by atomic mass is 10.3. The second-order valence-corrected chi connectivity index (χ2v) is 3.88. The fourth-order valence-electron chi connectivity index (χ4n) is 1.66. The summed E-state index contributed by atoms with van der Waals surface area (Å²) in [5, 5.41) is 13.9. The second-order valence-electron chi connectivity index (χ2n) is 3.88. The summed E-state index contributed by atoms with van der Waals surface area (Å²) in [5.41, 5.74) is -0.250. The first-order valence-corrected chi connectivity index (χ1v) is 5.56. The zero-order chi connectivity index (χ0) is 13.0. The zero-order valence-electron chi connectivity index (χ0n) is 9.60. The van der Waals surface area contributed by atoms with Gasteiger partial charge in [0.05, 0.1) is 11.5 Å². The highest BCUT2D eigenvalue weighted by Crippen LogP contribution is 2.27. The van der Waals surface area contributed by atoms with E-state index in [4.69, 9.17) is 9.47 Å². The van der Waals surface area contributed by atoms with E-state index in [9.17, 15) is 14.5 Å². The van der Waals surface area contributed by atoms with Crippen molar-refractivity contribution in [3.63, 3.8) is 0 Å². The summed E-state index contributed by atoms with van der Waals surface area (Å²) >= 11 is 0. The standard InChI is InChI=1S/C11H13FN2O4/c12-8-1-2-10(14(15)16)11(5-8)18-7-9-6-13-3-4-17-9/h1-2,5,9,13H,3-4,6-7H2. The Morgan fingerprint density at radius 1 is 1.61 bits per heavy atom. The highest BCUT2D eigenvalue weighted by Gasteiger charge is 2.19. The molecule has 1 aromatic rings. The largest absolute Gasteiger partial charge is 0.484 e. The van der Waals surface area contributed by atoms with E-state index in [1.807, 2.05) is 0 Å². The molecular weight excluding hydrogens is 243 g/mol. The SMILES string of the molecule is O=[N+]([O-])c1ccc(F)cc1OCC1CNCCO1. The first kappa shape index (κ1) is 12.7. The van der Waals surface area contributed by atoms with Crippen molar-refractivity contribution in [3.05, 3.63) is 34.1 Å². The molecule has 1 atom stereocenters. The molecule has 1 heterocycles. The van der Waals surface area contributed by atoms with Crippen LogP contribution in [-0.2, 0) is 4.74 Å². The summed E-state index contributed by atoms with van der Waals surface area (Å²) in [7, 11) is 0. The highest BCUT2D eigenvalue weighted by molar-refractivity contribution is 5.46. The minimum Gasteiger partial charge on any atom is -0.484 e. The predicted molar refractivity (Wildman–Crippen MR) is 61.2 cm³/mol. The summed E-state index contributed by atoms with van der Waals surface area (Å²) in [5.74, 6) is -0.646. The van der Waals surface area contributed by atoms with Crippen LogP contribution in [0.3, 0.4) is 0 Å². The van der Waals surface area contributed by atoms with Crippen molar-refractivity contribution in [2.24, 2.45) is 0 Å². The molecule has 0 aliphatic carbocycles. The average Bonchev–Trinajstić information content (AvgIpc) is 2.37. The minimum atomic E-state index is -0.602. The van der Waals surface area contributed by atoms with Gasteiger partial charge in [-0.3, -0.25) is 10.1 Å². The van der Waals surface area contributed by atoms with E-state index in [1.54, 1.807) is 0 Å². The van der Waals surface area contributed by atoms with Crippen molar-refractivity contribution in [1.29, 1.82) is 0 Å². The number of nitro benzene ring substituents is 1. The Kier molecular flexibility index (Phi) is 4.06. The van der Waals surface area contributed by atoms with Gasteiger partial charge < -0.3 is 14.8 Å². The van der Waals surface area contributed by atoms with Crippen molar-refractivity contribution in [2.75, 3.05) is 26.3 Å². The fourth-order valence-corrected chi connectivity index (χ4v) is 1.66. The van der Waals surface area contributed by atoms with E-state index >= 15 is 0 Å². The van der Waals surface area contributed by atoms with Crippen LogP contribution in [0.2, 0.25) is 0 Å². The van der Waals surface area contributed by atoms with Gasteiger partial charge >= 0.3 is 5.69 Å². The molecule has 0 radical (unpaired) electrons. The van der Waals surface area contributed by atoms with Crippen LogP contribution >= 0.6 is 0 Å². The van der Waals surface area contributed by atoms with Crippen molar-refractivity contribution in [3.8, 4) is 5.75 Å². The Labute approximate surface area is 103 Å². The van der Waals surface area contributed by atoms with Crippen molar-refractivity contribution < 1.29 is 18.8 Å². The molecule has 0 amide bonds.